The molecule has 1 aromatic heterocycles. The first-order valence-corrected chi connectivity index (χ1v) is 11.6. The molecule has 0 aliphatic carbocycles. The quantitative estimate of drug-likeness (QED) is 0.490. The van der Waals surface area contributed by atoms with Crippen LogP contribution in [0.2, 0.25) is 0 Å². The first-order valence-electron chi connectivity index (χ1n) is 10.1. The molecule has 1 saturated heterocycles. The normalized spacial score (nSPS) is 17.0. The molecule has 1 aliphatic heterocycles. The van der Waals surface area contributed by atoms with Crippen molar-refractivity contribution in [2.24, 2.45) is 4.40 Å². The minimum atomic E-state index is -4.87. The second-order valence-electron chi connectivity index (χ2n) is 7.66. The average molecular weight is 481 g/mol. The van der Waals surface area contributed by atoms with Crippen LogP contribution in [0.4, 0.5) is 13.2 Å². The van der Waals surface area contributed by atoms with E-state index in [9.17, 15) is 22.3 Å². The molecule has 0 amide bonds. The molecule has 3 aromatic rings. The number of hydrogen-bond acceptors (Lipinski definition) is 6. The highest BCUT2D eigenvalue weighted by atomic mass is 32.3. The van der Waals surface area contributed by atoms with E-state index >= 15 is 0 Å². The third-order valence-electron chi connectivity index (χ3n) is 5.24. The maximum atomic E-state index is 12.5. The van der Waals surface area contributed by atoms with Crippen LogP contribution in [0.15, 0.2) is 70.1 Å². The molecule has 1 aliphatic rings. The minimum Gasteiger partial charge on any atom is -0.406 e. The lowest BCUT2D eigenvalue weighted by molar-refractivity contribution is -0.274. The van der Waals surface area contributed by atoms with Gasteiger partial charge in [-0.2, -0.15) is 9.50 Å². The summed E-state index contributed by atoms with van der Waals surface area (Å²) in [5.74, 6) is -0.529. The molecule has 1 fully saturated rings. The number of likely N-dealkylation sites (tertiary alicyclic amines) is 1. The Labute approximate surface area is 190 Å². The lowest BCUT2D eigenvalue weighted by atomic mass is 10.2. The summed E-state index contributed by atoms with van der Waals surface area (Å²) < 4.78 is 68.2. The molecule has 0 unspecified atom stereocenters. The number of para-hydroxylation sites is 1. The first-order chi connectivity index (χ1) is 15.6. The maximum absolute atomic E-state index is 12.5. The van der Waals surface area contributed by atoms with Gasteiger partial charge in [-0.05, 0) is 31.2 Å². The van der Waals surface area contributed by atoms with E-state index in [0.717, 1.165) is 29.1 Å². The molecule has 4 rings (SSSR count). The average Bonchev–Trinajstić information content (AvgIpc) is 3.34. The van der Waals surface area contributed by atoms with Crippen molar-refractivity contribution in [3.8, 4) is 11.4 Å². The number of nitrogens with zero attached hydrogens (tertiary/aromatic N) is 4. The van der Waals surface area contributed by atoms with Gasteiger partial charge in [0.1, 0.15) is 5.75 Å². The molecular formula is C22H23F3N4O3S. The molecular weight excluding hydrogens is 457 g/mol. The van der Waals surface area contributed by atoms with Crippen LogP contribution in [-0.4, -0.2) is 48.9 Å². The van der Waals surface area contributed by atoms with E-state index in [-0.39, 0.29) is 4.90 Å². The standard InChI is InChI=1S/C22H23F3N4O3S/c1-16-17(13-26-29(16)19-6-3-2-4-7-19)14-28-11-10-18(15-28)27-33(30,31)21-9-5-8-20(12-21)32-22(23,24)25/h2-9,12-13,30-31H,10-11,14-15H2,1H3. The third kappa shape index (κ3) is 5.74. The zero-order valence-corrected chi connectivity index (χ0v) is 18.6. The van der Waals surface area contributed by atoms with E-state index in [1.807, 2.05) is 48.1 Å². The molecule has 7 nitrogen and oxygen atoms in total. The predicted octanol–water partition coefficient (Wildman–Crippen LogP) is 5.45. The SMILES string of the molecule is Cc1c(CN2CCC(=NS(O)(O)c3cccc(OC(F)(F)F)c3)C2)cnn1-c1ccccc1. The lowest BCUT2D eigenvalue weighted by Crippen LogP contribution is -2.20. The van der Waals surface area contributed by atoms with Gasteiger partial charge in [0.15, 0.2) is 0 Å². The Morgan fingerprint density at radius 1 is 1.12 bits per heavy atom. The summed E-state index contributed by atoms with van der Waals surface area (Å²) >= 11 is 0. The molecule has 11 heteroatoms. The van der Waals surface area contributed by atoms with Crippen molar-refractivity contribution in [2.45, 2.75) is 31.1 Å². The largest absolute Gasteiger partial charge is 0.573 e. The Hall–Kier alpha value is -2.86. The summed E-state index contributed by atoms with van der Waals surface area (Å²) in [5.41, 5.74) is 3.60. The van der Waals surface area contributed by atoms with Gasteiger partial charge >= 0.3 is 6.36 Å². The summed E-state index contributed by atoms with van der Waals surface area (Å²) in [5, 5.41) is 4.47. The van der Waals surface area contributed by atoms with Gasteiger partial charge in [0.25, 0.3) is 0 Å². The van der Waals surface area contributed by atoms with Crippen LogP contribution in [0.5, 0.6) is 5.75 Å². The fraction of sp³-hybridized carbons (Fsp3) is 0.273. The van der Waals surface area contributed by atoms with Gasteiger partial charge in [0, 0.05) is 43.4 Å². The Balaban J connectivity index is 1.44. The smallest absolute Gasteiger partial charge is 0.406 e. The molecule has 2 N–H and O–H groups in total. The van der Waals surface area contributed by atoms with E-state index in [1.54, 1.807) is 0 Å². The summed E-state index contributed by atoms with van der Waals surface area (Å²) in [6.45, 7) is 3.70. The lowest BCUT2D eigenvalue weighted by Gasteiger charge is -2.28. The number of benzene rings is 2. The van der Waals surface area contributed by atoms with Crippen LogP contribution in [0.3, 0.4) is 0 Å². The molecule has 2 aromatic carbocycles. The number of rotatable bonds is 6. The summed E-state index contributed by atoms with van der Waals surface area (Å²) in [6.07, 6.45) is -2.52. The van der Waals surface area contributed by atoms with E-state index in [4.69, 9.17) is 0 Å². The van der Waals surface area contributed by atoms with Gasteiger partial charge in [-0.15, -0.1) is 13.2 Å². The van der Waals surface area contributed by atoms with Crippen LogP contribution in [0.25, 0.3) is 5.69 Å². The summed E-state index contributed by atoms with van der Waals surface area (Å²) in [4.78, 5) is 1.98. The van der Waals surface area contributed by atoms with Gasteiger partial charge < -0.3 is 4.74 Å². The number of halogens is 3. The molecule has 0 spiro atoms. The van der Waals surface area contributed by atoms with E-state index in [1.165, 1.54) is 12.1 Å². The second-order valence-corrected chi connectivity index (χ2v) is 9.35. The highest BCUT2D eigenvalue weighted by Gasteiger charge is 2.31. The topological polar surface area (TPSA) is 83.1 Å². The number of aromatic nitrogens is 2. The van der Waals surface area contributed by atoms with Crippen LogP contribution in [0.1, 0.15) is 17.7 Å². The van der Waals surface area contributed by atoms with Crippen molar-refractivity contribution in [2.75, 3.05) is 13.1 Å². The highest BCUT2D eigenvalue weighted by Crippen LogP contribution is 2.51. The fourth-order valence-electron chi connectivity index (χ4n) is 3.66. The summed E-state index contributed by atoms with van der Waals surface area (Å²) in [6, 6.07) is 14.4. The highest BCUT2D eigenvalue weighted by molar-refractivity contribution is 8.23. The van der Waals surface area contributed by atoms with Crippen molar-refractivity contribution in [1.29, 1.82) is 0 Å². The van der Waals surface area contributed by atoms with Crippen molar-refractivity contribution in [3.63, 3.8) is 0 Å². The van der Waals surface area contributed by atoms with Crippen LogP contribution in [0, 0.1) is 6.92 Å². The number of hydrogen-bond donors (Lipinski definition) is 2. The molecule has 0 radical (unpaired) electrons. The van der Waals surface area contributed by atoms with Gasteiger partial charge in [0.05, 0.1) is 22.5 Å². The Morgan fingerprint density at radius 3 is 2.61 bits per heavy atom. The fourth-order valence-corrected chi connectivity index (χ4v) is 4.81. The van der Waals surface area contributed by atoms with Gasteiger partial charge in [-0.1, -0.05) is 35.0 Å². The molecule has 0 atom stereocenters. The molecule has 33 heavy (non-hydrogen) atoms. The molecule has 0 saturated carbocycles. The maximum Gasteiger partial charge on any atom is 0.573 e. The zero-order chi connectivity index (χ0) is 23.6. The van der Waals surface area contributed by atoms with Gasteiger partial charge in [0.2, 0.25) is 0 Å². The van der Waals surface area contributed by atoms with E-state index < -0.39 is 22.9 Å². The van der Waals surface area contributed by atoms with Crippen LogP contribution < -0.4 is 4.74 Å². The van der Waals surface area contributed by atoms with E-state index in [2.05, 4.69) is 19.1 Å². The van der Waals surface area contributed by atoms with Crippen molar-refractivity contribution in [1.82, 2.24) is 14.7 Å². The van der Waals surface area contributed by atoms with E-state index in [0.29, 0.717) is 31.8 Å². The van der Waals surface area contributed by atoms with Gasteiger partial charge in [-0.25, -0.2) is 4.68 Å². The van der Waals surface area contributed by atoms with Crippen LogP contribution >= 0.6 is 10.8 Å². The van der Waals surface area contributed by atoms with Crippen molar-refractivity contribution in [3.05, 3.63) is 72.1 Å². The third-order valence-corrected chi connectivity index (χ3v) is 6.64. The Bertz CT molecular complexity index is 1150. The first kappa shape index (κ1) is 23.3. The molecule has 176 valence electrons. The molecule has 0 bridgehead atoms. The minimum absolute atomic E-state index is 0.129. The Morgan fingerprint density at radius 2 is 1.88 bits per heavy atom. The monoisotopic (exact) mass is 480 g/mol. The van der Waals surface area contributed by atoms with Crippen molar-refractivity contribution >= 4 is 16.5 Å². The van der Waals surface area contributed by atoms with Gasteiger partial charge in [-0.3, -0.25) is 14.0 Å². The zero-order valence-electron chi connectivity index (χ0n) is 17.7. The van der Waals surface area contributed by atoms with Crippen molar-refractivity contribution < 1.29 is 27.0 Å². The molecule has 2 heterocycles. The Kier molecular flexibility index (Phi) is 6.48. The number of alkyl halides is 3. The number of ether oxygens (including phenoxy) is 1. The second kappa shape index (κ2) is 9.18. The summed E-state index contributed by atoms with van der Waals surface area (Å²) in [7, 11) is -3.66. The van der Waals surface area contributed by atoms with Crippen LogP contribution in [-0.2, 0) is 6.54 Å². The predicted molar refractivity (Wildman–Crippen MR) is 120 cm³/mol.